The Kier molecular flexibility index (Phi) is 6.13. The van der Waals surface area contributed by atoms with Crippen molar-refractivity contribution < 1.29 is 39.7 Å². The number of rotatable bonds is 6. The number of hydrogen-bond acceptors (Lipinski definition) is 14. The molecule has 2 aliphatic rings. The predicted molar refractivity (Wildman–Crippen MR) is 108 cm³/mol. The zero-order chi connectivity index (χ0) is 24.0. The fourth-order valence-corrected chi connectivity index (χ4v) is 3.94. The van der Waals surface area contributed by atoms with Gasteiger partial charge in [0.1, 0.15) is 54.2 Å². The molecule has 5 rings (SSSR count). The van der Waals surface area contributed by atoms with Crippen LogP contribution in [0.4, 0.5) is 5.82 Å². The van der Waals surface area contributed by atoms with Crippen molar-refractivity contribution in [2.75, 3.05) is 12.3 Å². The minimum Gasteiger partial charge on any atom is -0.388 e. The summed E-state index contributed by atoms with van der Waals surface area (Å²) >= 11 is 0. The van der Waals surface area contributed by atoms with Gasteiger partial charge in [0.05, 0.1) is 32.3 Å². The third-order valence-corrected chi connectivity index (χ3v) is 5.80. The van der Waals surface area contributed by atoms with Gasteiger partial charge in [-0.05, 0) is 0 Å². The summed E-state index contributed by atoms with van der Waals surface area (Å²) in [5, 5.41) is 58.2. The van der Waals surface area contributed by atoms with Crippen molar-refractivity contribution >= 4 is 17.0 Å². The van der Waals surface area contributed by atoms with E-state index in [0.29, 0.717) is 16.9 Å². The van der Waals surface area contributed by atoms with Crippen molar-refractivity contribution in [1.82, 2.24) is 34.5 Å². The lowest BCUT2D eigenvalue weighted by atomic mass is 10.1. The molecule has 0 bridgehead atoms. The van der Waals surface area contributed by atoms with E-state index in [9.17, 15) is 25.5 Å². The Morgan fingerprint density at radius 1 is 1.06 bits per heavy atom. The maximum atomic E-state index is 10.6. The van der Waals surface area contributed by atoms with Gasteiger partial charge in [0.25, 0.3) is 0 Å². The Hall–Kier alpha value is -2.83. The van der Waals surface area contributed by atoms with E-state index in [0.717, 1.165) is 0 Å². The van der Waals surface area contributed by atoms with Gasteiger partial charge in [0, 0.05) is 0 Å². The Balaban J connectivity index is 1.22. The van der Waals surface area contributed by atoms with Crippen molar-refractivity contribution in [2.24, 2.45) is 0 Å². The van der Waals surface area contributed by atoms with Crippen LogP contribution in [0.1, 0.15) is 11.9 Å². The maximum Gasteiger partial charge on any atom is 0.186 e. The summed E-state index contributed by atoms with van der Waals surface area (Å²) in [5.74, 6) is 0.183. The zero-order valence-electron chi connectivity index (χ0n) is 17.6. The Morgan fingerprint density at radius 2 is 1.88 bits per heavy atom. The number of nitrogens with two attached hydrogens (primary N) is 1. The van der Waals surface area contributed by atoms with Gasteiger partial charge < -0.3 is 45.5 Å². The number of ether oxygens (including phenoxy) is 3. The highest BCUT2D eigenvalue weighted by Gasteiger charge is 2.44. The maximum absolute atomic E-state index is 10.6. The molecular formula is C18H24N8O8. The summed E-state index contributed by atoms with van der Waals surface area (Å²) in [6.45, 7) is -0.203. The van der Waals surface area contributed by atoms with Crippen molar-refractivity contribution in [1.29, 1.82) is 0 Å². The molecule has 0 radical (unpaired) electrons. The first-order valence-electron chi connectivity index (χ1n) is 10.4. The zero-order valence-corrected chi connectivity index (χ0v) is 17.6. The molecule has 184 valence electrons. The molecule has 5 heterocycles. The van der Waals surface area contributed by atoms with E-state index in [1.807, 2.05) is 0 Å². The molecule has 2 fully saturated rings. The van der Waals surface area contributed by atoms with Crippen LogP contribution in [-0.2, 0) is 27.4 Å². The molecule has 0 saturated carbocycles. The lowest BCUT2D eigenvalue weighted by molar-refractivity contribution is -0.273. The number of nitrogen functional groups attached to an aromatic ring is 1. The lowest BCUT2D eigenvalue weighted by Gasteiger charge is -2.34. The molecule has 3 aromatic heterocycles. The van der Waals surface area contributed by atoms with Crippen LogP contribution in [-0.4, -0.2) is 110 Å². The SMILES string of the molecule is Nc1ncnc2c1ncn2[C@@H]1O[C@H](Cn2cc(CO[C@H]3OC[C@H](O)[C@H](O)[C@H]3O)nn2)[C@@H](O)[C@H]1O. The van der Waals surface area contributed by atoms with Gasteiger partial charge in [-0.2, -0.15) is 0 Å². The van der Waals surface area contributed by atoms with Crippen LogP contribution in [0, 0.1) is 0 Å². The summed E-state index contributed by atoms with van der Waals surface area (Å²) < 4.78 is 19.4. The van der Waals surface area contributed by atoms with Gasteiger partial charge in [0.15, 0.2) is 24.0 Å². The fraction of sp³-hybridized carbons (Fsp3) is 0.611. The average molecular weight is 480 g/mol. The van der Waals surface area contributed by atoms with Gasteiger partial charge in [-0.1, -0.05) is 5.21 Å². The molecular weight excluding hydrogens is 456 g/mol. The number of hydrogen-bond donors (Lipinski definition) is 6. The lowest BCUT2D eigenvalue weighted by Crippen LogP contribution is -2.53. The molecule has 16 heteroatoms. The smallest absolute Gasteiger partial charge is 0.186 e. The largest absolute Gasteiger partial charge is 0.388 e. The van der Waals surface area contributed by atoms with Gasteiger partial charge >= 0.3 is 0 Å². The van der Waals surface area contributed by atoms with Crippen molar-refractivity contribution in [3.8, 4) is 0 Å². The first-order valence-corrected chi connectivity index (χ1v) is 10.4. The molecule has 8 atom stereocenters. The van der Waals surface area contributed by atoms with E-state index in [1.165, 1.54) is 28.1 Å². The normalized spacial score (nSPS) is 34.1. The van der Waals surface area contributed by atoms with Crippen LogP contribution in [0.2, 0.25) is 0 Å². The van der Waals surface area contributed by atoms with Crippen LogP contribution in [0.25, 0.3) is 11.2 Å². The van der Waals surface area contributed by atoms with Crippen LogP contribution in [0.5, 0.6) is 0 Å². The summed E-state index contributed by atoms with van der Waals surface area (Å²) in [6, 6.07) is 0. The number of anilines is 1. The van der Waals surface area contributed by atoms with E-state index >= 15 is 0 Å². The summed E-state index contributed by atoms with van der Waals surface area (Å²) in [6.07, 6.45) is -5.21. The topological polar surface area (TPSA) is 229 Å². The van der Waals surface area contributed by atoms with Crippen LogP contribution >= 0.6 is 0 Å². The average Bonchev–Trinajstić information content (AvgIpc) is 3.52. The standard InChI is InChI=1S/C18H24N8O8/c19-15-10-16(21-5-20-15)26(6-22-10)17-13(30)12(29)9(34-17)2-25-1-7(23-24-25)3-32-18-14(31)11(28)8(27)4-33-18/h1,5-6,8-9,11-14,17-18,27-31H,2-4H2,(H2,19,20,21)/t8-,9+,11-,12+,13+,14+,17+,18-/m0/s1. The van der Waals surface area contributed by atoms with Gasteiger partial charge in [-0.15, -0.1) is 5.10 Å². The molecule has 7 N–H and O–H groups in total. The first-order chi connectivity index (χ1) is 16.3. The van der Waals surface area contributed by atoms with Gasteiger partial charge in [-0.25, -0.2) is 19.6 Å². The number of aliphatic hydroxyl groups excluding tert-OH is 5. The molecule has 3 aromatic rings. The molecule has 34 heavy (non-hydrogen) atoms. The molecule has 0 aliphatic carbocycles. The quantitative estimate of drug-likeness (QED) is 0.199. The third-order valence-electron chi connectivity index (χ3n) is 5.80. The minimum atomic E-state index is -1.42. The number of aromatic nitrogens is 7. The Morgan fingerprint density at radius 3 is 2.71 bits per heavy atom. The molecule has 0 spiro atoms. The van der Waals surface area contributed by atoms with Crippen molar-refractivity contribution in [2.45, 2.75) is 62.3 Å². The Bertz CT molecular complexity index is 1140. The fourth-order valence-electron chi connectivity index (χ4n) is 3.94. The number of nitrogens with zero attached hydrogens (tertiary/aromatic N) is 7. The highest BCUT2D eigenvalue weighted by molar-refractivity contribution is 5.81. The number of fused-ring (bicyclic) bond motifs is 1. The van der Waals surface area contributed by atoms with E-state index in [1.54, 1.807) is 0 Å². The summed E-state index contributed by atoms with van der Waals surface area (Å²) in [4.78, 5) is 12.2. The second kappa shape index (κ2) is 9.08. The molecule has 0 unspecified atom stereocenters. The van der Waals surface area contributed by atoms with E-state index in [-0.39, 0.29) is 25.6 Å². The number of imidazole rings is 1. The second-order valence-electron chi connectivity index (χ2n) is 8.12. The van der Waals surface area contributed by atoms with E-state index in [4.69, 9.17) is 19.9 Å². The first kappa shape index (κ1) is 22.9. The van der Waals surface area contributed by atoms with Gasteiger partial charge in [-0.3, -0.25) is 4.57 Å². The molecule has 0 amide bonds. The molecule has 2 aliphatic heterocycles. The molecule has 16 nitrogen and oxygen atoms in total. The minimum absolute atomic E-state index is 0.0684. The van der Waals surface area contributed by atoms with E-state index in [2.05, 4.69) is 25.3 Å². The second-order valence-corrected chi connectivity index (χ2v) is 8.12. The third kappa shape index (κ3) is 4.10. The molecule has 0 aromatic carbocycles. The van der Waals surface area contributed by atoms with Crippen molar-refractivity contribution in [3.05, 3.63) is 24.5 Å². The Labute approximate surface area is 191 Å². The van der Waals surface area contributed by atoms with Crippen molar-refractivity contribution in [3.63, 3.8) is 0 Å². The summed E-state index contributed by atoms with van der Waals surface area (Å²) in [7, 11) is 0. The van der Waals surface area contributed by atoms with E-state index < -0.39 is 49.1 Å². The predicted octanol–water partition coefficient (Wildman–Crippen LogP) is -3.72. The molecule has 2 saturated heterocycles. The van der Waals surface area contributed by atoms with Gasteiger partial charge in [0.2, 0.25) is 0 Å². The van der Waals surface area contributed by atoms with Crippen LogP contribution in [0.15, 0.2) is 18.9 Å². The van der Waals surface area contributed by atoms with Crippen LogP contribution in [0.3, 0.4) is 0 Å². The highest BCUT2D eigenvalue weighted by Crippen LogP contribution is 2.32. The number of aliphatic hydroxyl groups is 5. The monoisotopic (exact) mass is 480 g/mol. The van der Waals surface area contributed by atoms with Crippen LogP contribution < -0.4 is 5.73 Å². The summed E-state index contributed by atoms with van der Waals surface area (Å²) in [5.41, 5.74) is 6.89. The highest BCUT2D eigenvalue weighted by atomic mass is 16.7.